The Labute approximate surface area is 135 Å². The van der Waals surface area contributed by atoms with Gasteiger partial charge < -0.3 is 9.80 Å². The Hall–Kier alpha value is -1.40. The Bertz CT molecular complexity index is 635. The average Bonchev–Trinajstić information content (AvgIpc) is 2.94. The molecule has 0 atom stereocenters. The maximum Gasteiger partial charge on any atom is 0.264 e. The summed E-state index contributed by atoms with van der Waals surface area (Å²) in [5, 5.41) is 1.92. The van der Waals surface area contributed by atoms with Crippen molar-refractivity contribution < 1.29 is 9.18 Å². The SMILES string of the molecule is O=C(c1cc(Br)cs1)N1CCN(c2ccc(F)cc2)CC1. The molecule has 0 N–H and O–H groups in total. The molecule has 1 aromatic carbocycles. The summed E-state index contributed by atoms with van der Waals surface area (Å²) in [6, 6.07) is 8.36. The van der Waals surface area contributed by atoms with Gasteiger partial charge in [0.2, 0.25) is 0 Å². The van der Waals surface area contributed by atoms with E-state index >= 15 is 0 Å². The van der Waals surface area contributed by atoms with Crippen LogP contribution in [0.1, 0.15) is 9.67 Å². The summed E-state index contributed by atoms with van der Waals surface area (Å²) in [5.41, 5.74) is 1.00. The second-order valence-electron chi connectivity index (χ2n) is 4.88. The van der Waals surface area contributed by atoms with Crippen LogP contribution < -0.4 is 4.90 Å². The highest BCUT2D eigenvalue weighted by Crippen LogP contribution is 2.23. The lowest BCUT2D eigenvalue weighted by Gasteiger charge is -2.36. The number of hydrogen-bond donors (Lipinski definition) is 0. The first-order chi connectivity index (χ1) is 10.1. The highest BCUT2D eigenvalue weighted by Gasteiger charge is 2.23. The molecule has 3 rings (SSSR count). The Morgan fingerprint density at radius 1 is 1.14 bits per heavy atom. The molecule has 3 nitrogen and oxygen atoms in total. The average molecular weight is 369 g/mol. The van der Waals surface area contributed by atoms with Gasteiger partial charge in [0, 0.05) is 41.7 Å². The minimum absolute atomic E-state index is 0.0875. The molecule has 1 amide bonds. The molecule has 1 saturated heterocycles. The molecular weight excluding hydrogens is 355 g/mol. The molecule has 0 saturated carbocycles. The number of halogens is 2. The van der Waals surface area contributed by atoms with Crippen LogP contribution in [0.5, 0.6) is 0 Å². The predicted molar refractivity (Wildman–Crippen MR) is 86.5 cm³/mol. The van der Waals surface area contributed by atoms with Crippen LogP contribution in [0.15, 0.2) is 40.2 Å². The van der Waals surface area contributed by atoms with Gasteiger partial charge in [-0.25, -0.2) is 4.39 Å². The van der Waals surface area contributed by atoms with Crippen molar-refractivity contribution in [1.82, 2.24) is 4.90 Å². The van der Waals surface area contributed by atoms with E-state index in [1.807, 2.05) is 16.3 Å². The first-order valence-corrected chi connectivity index (χ1v) is 8.34. The van der Waals surface area contributed by atoms with Crippen LogP contribution in [0.4, 0.5) is 10.1 Å². The van der Waals surface area contributed by atoms with Crippen molar-refractivity contribution in [2.24, 2.45) is 0 Å². The maximum absolute atomic E-state index is 12.9. The van der Waals surface area contributed by atoms with Crippen molar-refractivity contribution in [2.45, 2.75) is 0 Å². The van der Waals surface area contributed by atoms with Gasteiger partial charge >= 0.3 is 0 Å². The van der Waals surface area contributed by atoms with E-state index in [1.54, 1.807) is 12.1 Å². The Kier molecular flexibility index (Phi) is 4.26. The monoisotopic (exact) mass is 368 g/mol. The van der Waals surface area contributed by atoms with E-state index in [4.69, 9.17) is 0 Å². The van der Waals surface area contributed by atoms with E-state index in [9.17, 15) is 9.18 Å². The number of carbonyl (C=O) groups excluding carboxylic acids is 1. The molecule has 1 aliphatic heterocycles. The van der Waals surface area contributed by atoms with E-state index in [-0.39, 0.29) is 11.7 Å². The number of thiophene rings is 1. The maximum atomic E-state index is 12.9. The molecule has 0 aliphatic carbocycles. The van der Waals surface area contributed by atoms with Crippen molar-refractivity contribution in [3.63, 3.8) is 0 Å². The standard InChI is InChI=1S/C15H14BrFN2OS/c16-11-9-14(21-10-11)15(20)19-7-5-18(6-8-19)13-3-1-12(17)2-4-13/h1-4,9-10H,5-8H2. The number of anilines is 1. The Balaban J connectivity index is 1.62. The van der Waals surface area contributed by atoms with E-state index < -0.39 is 0 Å². The van der Waals surface area contributed by atoms with Crippen LogP contribution in [-0.4, -0.2) is 37.0 Å². The topological polar surface area (TPSA) is 23.6 Å². The van der Waals surface area contributed by atoms with Crippen molar-refractivity contribution in [2.75, 3.05) is 31.1 Å². The molecule has 21 heavy (non-hydrogen) atoms. The summed E-state index contributed by atoms with van der Waals surface area (Å²) >= 11 is 4.83. The predicted octanol–water partition coefficient (Wildman–Crippen LogP) is 3.61. The first kappa shape index (κ1) is 14.5. The Morgan fingerprint density at radius 3 is 2.38 bits per heavy atom. The molecule has 0 bridgehead atoms. The minimum atomic E-state index is -0.226. The van der Waals surface area contributed by atoms with Gasteiger partial charge in [-0.2, -0.15) is 0 Å². The summed E-state index contributed by atoms with van der Waals surface area (Å²) in [6.07, 6.45) is 0. The number of amides is 1. The largest absolute Gasteiger partial charge is 0.368 e. The van der Waals surface area contributed by atoms with Crippen LogP contribution in [0.25, 0.3) is 0 Å². The van der Waals surface area contributed by atoms with Gasteiger partial charge in [-0.1, -0.05) is 0 Å². The van der Waals surface area contributed by atoms with Gasteiger partial charge in [0.25, 0.3) is 5.91 Å². The van der Waals surface area contributed by atoms with Crippen molar-refractivity contribution in [1.29, 1.82) is 0 Å². The fourth-order valence-corrected chi connectivity index (χ4v) is 3.79. The smallest absolute Gasteiger partial charge is 0.264 e. The van der Waals surface area contributed by atoms with E-state index in [2.05, 4.69) is 20.8 Å². The van der Waals surface area contributed by atoms with Crippen LogP contribution in [0.2, 0.25) is 0 Å². The number of rotatable bonds is 2. The van der Waals surface area contributed by atoms with Crippen molar-refractivity contribution in [3.05, 3.63) is 50.9 Å². The van der Waals surface area contributed by atoms with Gasteiger partial charge in [0.15, 0.2) is 0 Å². The van der Waals surface area contributed by atoms with E-state index in [0.717, 1.165) is 28.1 Å². The number of nitrogens with zero attached hydrogens (tertiary/aromatic N) is 2. The van der Waals surface area contributed by atoms with Gasteiger partial charge in [-0.15, -0.1) is 11.3 Å². The summed E-state index contributed by atoms with van der Waals surface area (Å²) in [5.74, 6) is -0.139. The fourth-order valence-electron chi connectivity index (χ4n) is 2.40. The van der Waals surface area contributed by atoms with Gasteiger partial charge in [-0.05, 0) is 46.3 Å². The molecule has 1 aliphatic rings. The van der Waals surface area contributed by atoms with Crippen LogP contribution >= 0.6 is 27.3 Å². The molecule has 6 heteroatoms. The first-order valence-electron chi connectivity index (χ1n) is 6.67. The molecule has 0 radical (unpaired) electrons. The molecular formula is C15H14BrFN2OS. The van der Waals surface area contributed by atoms with E-state index in [1.165, 1.54) is 23.5 Å². The third kappa shape index (κ3) is 3.27. The third-order valence-corrected chi connectivity index (χ3v) is 5.22. The lowest BCUT2D eigenvalue weighted by atomic mass is 10.2. The zero-order valence-electron chi connectivity index (χ0n) is 11.3. The fraction of sp³-hybridized carbons (Fsp3) is 0.267. The summed E-state index contributed by atoms with van der Waals surface area (Å²) in [4.78, 5) is 17.2. The molecule has 2 aromatic rings. The number of carbonyl (C=O) groups is 1. The second kappa shape index (κ2) is 6.15. The molecule has 1 aromatic heterocycles. The van der Waals surface area contributed by atoms with E-state index in [0.29, 0.717) is 13.1 Å². The number of benzene rings is 1. The van der Waals surface area contributed by atoms with Gasteiger partial charge in [-0.3, -0.25) is 4.79 Å². The highest BCUT2D eigenvalue weighted by molar-refractivity contribution is 9.10. The number of hydrogen-bond acceptors (Lipinski definition) is 3. The molecule has 110 valence electrons. The zero-order valence-corrected chi connectivity index (χ0v) is 13.7. The molecule has 2 heterocycles. The van der Waals surface area contributed by atoms with Crippen LogP contribution in [0.3, 0.4) is 0 Å². The minimum Gasteiger partial charge on any atom is -0.368 e. The normalized spacial score (nSPS) is 15.3. The van der Waals surface area contributed by atoms with Crippen LogP contribution in [0, 0.1) is 5.82 Å². The molecule has 1 fully saturated rings. The van der Waals surface area contributed by atoms with Crippen molar-refractivity contribution in [3.8, 4) is 0 Å². The summed E-state index contributed by atoms with van der Waals surface area (Å²) < 4.78 is 13.9. The Morgan fingerprint density at radius 2 is 1.81 bits per heavy atom. The van der Waals surface area contributed by atoms with Gasteiger partial charge in [0.05, 0.1) is 4.88 Å². The third-order valence-electron chi connectivity index (χ3n) is 3.54. The summed E-state index contributed by atoms with van der Waals surface area (Å²) in [7, 11) is 0. The number of piperazine rings is 1. The van der Waals surface area contributed by atoms with Gasteiger partial charge in [0.1, 0.15) is 5.82 Å². The lowest BCUT2D eigenvalue weighted by molar-refractivity contribution is 0.0751. The molecule has 0 unspecified atom stereocenters. The second-order valence-corrected chi connectivity index (χ2v) is 6.71. The quantitative estimate of drug-likeness (QED) is 0.808. The van der Waals surface area contributed by atoms with Crippen molar-refractivity contribution >= 4 is 38.9 Å². The highest BCUT2D eigenvalue weighted by atomic mass is 79.9. The molecule has 0 spiro atoms. The lowest BCUT2D eigenvalue weighted by Crippen LogP contribution is -2.48. The summed E-state index contributed by atoms with van der Waals surface area (Å²) in [6.45, 7) is 2.91. The van der Waals surface area contributed by atoms with Crippen LogP contribution in [-0.2, 0) is 0 Å². The zero-order chi connectivity index (χ0) is 14.8.